The highest BCUT2D eigenvalue weighted by Crippen LogP contribution is 2.66. The van der Waals surface area contributed by atoms with Crippen LogP contribution in [0.3, 0.4) is 0 Å². The number of aromatic nitrogens is 6. The van der Waals surface area contributed by atoms with Crippen LogP contribution in [0.4, 0.5) is 0 Å². The van der Waals surface area contributed by atoms with E-state index in [1.54, 1.807) is 22.7 Å². The summed E-state index contributed by atoms with van der Waals surface area (Å²) < 4.78 is 4.70. The van der Waals surface area contributed by atoms with Crippen LogP contribution in [0.5, 0.6) is 0 Å². The number of benzene rings is 14. The molecule has 0 bridgehead atoms. The summed E-state index contributed by atoms with van der Waals surface area (Å²) >= 11 is 3.59. The average Bonchev–Trinajstić information content (AvgIpc) is 1.50. The second-order valence-corrected chi connectivity index (χ2v) is 28.3. The molecular weight excluding hydrogens is 1250 g/mol. The summed E-state index contributed by atoms with van der Waals surface area (Å²) in [5.41, 5.74) is 23.7. The first-order valence-electron chi connectivity index (χ1n) is 33.9. The van der Waals surface area contributed by atoms with Gasteiger partial charge in [-0.2, -0.15) is 0 Å². The predicted octanol–water partition coefficient (Wildman–Crippen LogP) is 23.2. The molecular formula is C92H54N6S2. The van der Waals surface area contributed by atoms with Crippen LogP contribution in [0.25, 0.3) is 153 Å². The lowest BCUT2D eigenvalue weighted by atomic mass is 9.67. The van der Waals surface area contributed by atoms with Crippen molar-refractivity contribution in [1.29, 1.82) is 0 Å². The third-order valence-electron chi connectivity index (χ3n) is 21.1. The molecule has 100 heavy (non-hydrogen) atoms. The molecule has 18 aromatic rings. The zero-order valence-electron chi connectivity index (χ0n) is 53.7. The Balaban J connectivity index is 0.709. The van der Waals surface area contributed by atoms with E-state index in [0.29, 0.717) is 34.9 Å². The van der Waals surface area contributed by atoms with Crippen molar-refractivity contribution in [2.24, 2.45) is 0 Å². The van der Waals surface area contributed by atoms with E-state index in [0.717, 1.165) is 70.4 Å². The lowest BCUT2D eigenvalue weighted by Gasteiger charge is -2.33. The molecule has 1 unspecified atom stereocenters. The van der Waals surface area contributed by atoms with Crippen molar-refractivity contribution < 1.29 is 0 Å². The number of hydrogen-bond donors (Lipinski definition) is 0. The summed E-state index contributed by atoms with van der Waals surface area (Å²) in [6, 6.07) is 119. The quantitative estimate of drug-likeness (QED) is 0.136. The maximum atomic E-state index is 5.59. The predicted molar refractivity (Wildman–Crippen MR) is 411 cm³/mol. The van der Waals surface area contributed by atoms with Gasteiger partial charge in [0.1, 0.15) is 0 Å². The molecule has 464 valence electrons. The van der Waals surface area contributed by atoms with E-state index in [9.17, 15) is 0 Å². The van der Waals surface area contributed by atoms with Gasteiger partial charge in [-0.15, -0.1) is 22.7 Å². The molecule has 0 amide bonds. The number of rotatable bonds is 10. The SMILES string of the molecule is c1ccc(-c2nc(-c3cccc4c3-c3ccccc3C4(c3ccccc3)c3ccccc3)nc(-c3cccc4c3sc3cc(-c5cccc(C67c8ccccc8-c8cccc(c86)-c6c(-c8nc(-c9ccccc9)nc(-c9cccc%10c9sc9ccccc9%10)n8)cccc67)c5)ccc34)n2)cc1. The first kappa shape index (κ1) is 56.7. The number of fused-ring (bicyclic) bond motifs is 15. The van der Waals surface area contributed by atoms with Crippen LogP contribution in [0.1, 0.15) is 44.5 Å². The highest BCUT2D eigenvalue weighted by atomic mass is 32.1. The van der Waals surface area contributed by atoms with Crippen molar-refractivity contribution in [2.75, 3.05) is 0 Å². The molecule has 6 nitrogen and oxygen atoms in total. The molecule has 4 heterocycles. The van der Waals surface area contributed by atoms with E-state index >= 15 is 0 Å². The highest BCUT2D eigenvalue weighted by Gasteiger charge is 2.53. The Bertz CT molecular complexity index is 6380. The first-order valence-corrected chi connectivity index (χ1v) is 35.5. The standard InChI is InChI=1S/C92H54N6S2/c1-5-25-55(26-6-1)85-93-87(70-42-23-48-76-80(70)68-37-14-17-47-75(68)91(76,59-30-9-3-10-31-59)60-32-11-4-12-33-60)97-90(96-85)73-45-22-40-67-64-52-51-58(54-79(64)100-84(67)73)57-29-19-34-61(53-57)92-74-46-16-13-35-62(74)65-38-20-41-69(82(65)92)81-71(43-24-49-77(81)92)88-94-86(56-27-7-2-8-28-56)95-89(98-88)72-44-21-39-66-63-36-15-18-50-78(63)99-83(66)72/h1-54H. The van der Waals surface area contributed by atoms with E-state index in [1.807, 2.05) is 12.1 Å². The Morgan fingerprint density at radius 1 is 0.210 bits per heavy atom. The van der Waals surface area contributed by atoms with Crippen LogP contribution in [0, 0.1) is 0 Å². The van der Waals surface area contributed by atoms with E-state index in [4.69, 9.17) is 29.9 Å². The largest absolute Gasteiger partial charge is 0.208 e. The average molecular weight is 1310 g/mol. The second-order valence-electron chi connectivity index (χ2n) is 26.2. The minimum absolute atomic E-state index is 0.581. The highest BCUT2D eigenvalue weighted by molar-refractivity contribution is 7.26. The van der Waals surface area contributed by atoms with Crippen LogP contribution in [0.2, 0.25) is 0 Å². The van der Waals surface area contributed by atoms with Gasteiger partial charge < -0.3 is 0 Å². The van der Waals surface area contributed by atoms with Gasteiger partial charge in [-0.3, -0.25) is 0 Å². The molecule has 0 N–H and O–H groups in total. The van der Waals surface area contributed by atoms with Gasteiger partial charge in [0.05, 0.1) is 10.8 Å². The van der Waals surface area contributed by atoms with Gasteiger partial charge in [-0.25, -0.2) is 29.9 Å². The van der Waals surface area contributed by atoms with E-state index in [1.165, 1.54) is 92.3 Å². The summed E-state index contributed by atoms with van der Waals surface area (Å²) in [5.74, 6) is 3.80. The zero-order chi connectivity index (χ0) is 65.6. The molecule has 0 saturated heterocycles. The fourth-order valence-electron chi connectivity index (χ4n) is 17.0. The lowest BCUT2D eigenvalue weighted by Crippen LogP contribution is -2.28. The fraction of sp³-hybridized carbons (Fsp3) is 0.0217. The molecule has 0 spiro atoms. The van der Waals surface area contributed by atoms with Gasteiger partial charge in [-0.1, -0.05) is 297 Å². The third kappa shape index (κ3) is 8.17. The molecule has 0 saturated carbocycles. The Morgan fingerprint density at radius 2 is 0.590 bits per heavy atom. The maximum Gasteiger partial charge on any atom is 0.165 e. The van der Waals surface area contributed by atoms with Crippen molar-refractivity contribution >= 4 is 63.0 Å². The van der Waals surface area contributed by atoms with Crippen LogP contribution in [-0.4, -0.2) is 29.9 Å². The molecule has 3 aliphatic rings. The third-order valence-corrected chi connectivity index (χ3v) is 23.5. The fourth-order valence-corrected chi connectivity index (χ4v) is 19.5. The van der Waals surface area contributed by atoms with E-state index in [2.05, 4.69) is 315 Å². The van der Waals surface area contributed by atoms with Crippen molar-refractivity contribution in [3.63, 3.8) is 0 Å². The second kappa shape index (κ2) is 22.0. The van der Waals surface area contributed by atoms with E-state index in [-0.39, 0.29) is 0 Å². The van der Waals surface area contributed by atoms with Crippen molar-refractivity contribution in [1.82, 2.24) is 29.9 Å². The van der Waals surface area contributed by atoms with Gasteiger partial charge in [0, 0.05) is 73.7 Å². The Labute approximate surface area is 584 Å². The Hall–Kier alpha value is -12.5. The van der Waals surface area contributed by atoms with Crippen LogP contribution < -0.4 is 0 Å². The van der Waals surface area contributed by atoms with Gasteiger partial charge in [0.15, 0.2) is 34.9 Å². The van der Waals surface area contributed by atoms with Crippen molar-refractivity contribution in [3.8, 4) is 113 Å². The monoisotopic (exact) mass is 1310 g/mol. The Morgan fingerprint density at radius 3 is 1.22 bits per heavy atom. The van der Waals surface area contributed by atoms with Gasteiger partial charge in [0.25, 0.3) is 0 Å². The lowest BCUT2D eigenvalue weighted by molar-refractivity contribution is 0.768. The van der Waals surface area contributed by atoms with Crippen molar-refractivity contribution in [2.45, 2.75) is 10.8 Å². The molecule has 0 aliphatic heterocycles. The summed E-state index contributed by atoms with van der Waals surface area (Å²) in [4.78, 5) is 32.7. The normalized spacial score (nSPS) is 14.3. The number of hydrogen-bond acceptors (Lipinski definition) is 8. The van der Waals surface area contributed by atoms with E-state index < -0.39 is 10.8 Å². The Kier molecular flexibility index (Phi) is 12.5. The summed E-state index contributed by atoms with van der Waals surface area (Å²) in [6.45, 7) is 0. The number of nitrogens with zero attached hydrogens (tertiary/aromatic N) is 6. The van der Waals surface area contributed by atoms with Gasteiger partial charge >= 0.3 is 0 Å². The zero-order valence-corrected chi connectivity index (χ0v) is 55.3. The van der Waals surface area contributed by atoms with Gasteiger partial charge in [-0.05, 0) is 119 Å². The topological polar surface area (TPSA) is 77.3 Å². The number of thiophene rings is 2. The molecule has 21 rings (SSSR count). The van der Waals surface area contributed by atoms with Crippen LogP contribution in [-0.2, 0) is 10.8 Å². The summed E-state index contributed by atoms with van der Waals surface area (Å²) in [6.07, 6.45) is 0. The summed E-state index contributed by atoms with van der Waals surface area (Å²) in [5, 5.41) is 4.78. The molecule has 8 heteroatoms. The minimum atomic E-state index is -0.653. The molecule has 0 fully saturated rings. The molecule has 0 radical (unpaired) electrons. The van der Waals surface area contributed by atoms with Crippen molar-refractivity contribution in [3.05, 3.63) is 372 Å². The maximum absolute atomic E-state index is 5.59. The smallest absolute Gasteiger partial charge is 0.165 e. The molecule has 3 aliphatic carbocycles. The van der Waals surface area contributed by atoms with Crippen LogP contribution in [0.15, 0.2) is 328 Å². The van der Waals surface area contributed by atoms with Gasteiger partial charge in [0.2, 0.25) is 0 Å². The first-order chi connectivity index (χ1) is 49.6. The molecule has 14 aromatic carbocycles. The van der Waals surface area contributed by atoms with Crippen LogP contribution >= 0.6 is 22.7 Å². The molecule has 4 aromatic heterocycles. The minimum Gasteiger partial charge on any atom is -0.208 e. The summed E-state index contributed by atoms with van der Waals surface area (Å²) in [7, 11) is 0. The molecule has 1 atom stereocenters.